The van der Waals surface area contributed by atoms with Crippen LogP contribution in [0.2, 0.25) is 5.02 Å². The van der Waals surface area contributed by atoms with Gasteiger partial charge in [0.1, 0.15) is 6.61 Å². The van der Waals surface area contributed by atoms with Gasteiger partial charge >= 0.3 is 6.18 Å². The second-order valence-corrected chi connectivity index (χ2v) is 4.24. The van der Waals surface area contributed by atoms with Gasteiger partial charge in [-0.2, -0.15) is 18.3 Å². The van der Waals surface area contributed by atoms with Crippen LogP contribution >= 0.6 is 11.6 Å². The number of nitrogens with two attached hydrogens (primary N) is 1. The molecule has 1 atom stereocenters. The topological polar surface area (TPSA) is 62.3 Å². The lowest BCUT2D eigenvalue weighted by Gasteiger charge is -2.16. The normalized spacial score (nSPS) is 13.8. The highest BCUT2D eigenvalue weighted by molar-refractivity contribution is 6.31. The highest BCUT2D eigenvalue weighted by atomic mass is 35.5. The Balaban J connectivity index is 2.60. The minimum atomic E-state index is -4.38. The van der Waals surface area contributed by atoms with Gasteiger partial charge in [0.25, 0.3) is 0 Å². The first-order valence-electron chi connectivity index (χ1n) is 5.45. The smallest absolute Gasteiger partial charge is 0.383 e. The van der Waals surface area contributed by atoms with Crippen LogP contribution in [0.1, 0.15) is 11.7 Å². The maximum absolute atomic E-state index is 11.9. The fourth-order valence-electron chi connectivity index (χ4n) is 1.48. The molecule has 0 radical (unpaired) electrons. The molecular weight excluding hydrogens is 287 g/mol. The van der Waals surface area contributed by atoms with E-state index in [1.807, 2.05) is 0 Å². The third-order valence-corrected chi connectivity index (χ3v) is 2.55. The first-order chi connectivity index (χ1) is 8.85. The van der Waals surface area contributed by atoms with Crippen molar-refractivity contribution in [3.63, 3.8) is 0 Å². The SMILES string of the molecule is COCCn1ncc(Cl)c1C(N)COCC(F)(F)F. The first-order valence-corrected chi connectivity index (χ1v) is 5.83. The molecule has 1 aromatic rings. The van der Waals surface area contributed by atoms with Gasteiger partial charge in [-0.15, -0.1) is 0 Å². The van der Waals surface area contributed by atoms with Gasteiger partial charge in [-0.1, -0.05) is 11.6 Å². The molecule has 0 spiro atoms. The summed E-state index contributed by atoms with van der Waals surface area (Å²) in [5, 5.41) is 4.27. The lowest BCUT2D eigenvalue weighted by atomic mass is 10.2. The number of nitrogens with zero attached hydrogens (tertiary/aromatic N) is 2. The van der Waals surface area contributed by atoms with E-state index in [1.165, 1.54) is 18.0 Å². The molecule has 0 saturated carbocycles. The van der Waals surface area contributed by atoms with Crippen LogP contribution in [0.25, 0.3) is 0 Å². The van der Waals surface area contributed by atoms with E-state index >= 15 is 0 Å². The molecule has 0 aromatic carbocycles. The van der Waals surface area contributed by atoms with Crippen molar-refractivity contribution in [2.75, 3.05) is 26.9 Å². The zero-order valence-electron chi connectivity index (χ0n) is 10.3. The van der Waals surface area contributed by atoms with Crippen molar-refractivity contribution in [2.45, 2.75) is 18.8 Å². The van der Waals surface area contributed by atoms with Crippen LogP contribution in [0.15, 0.2) is 6.20 Å². The average molecular weight is 302 g/mol. The highest BCUT2D eigenvalue weighted by Crippen LogP contribution is 2.22. The van der Waals surface area contributed by atoms with Crippen molar-refractivity contribution >= 4 is 11.6 Å². The molecule has 0 aliphatic rings. The monoisotopic (exact) mass is 301 g/mol. The molecule has 1 aromatic heterocycles. The Bertz CT molecular complexity index is 398. The second-order valence-electron chi connectivity index (χ2n) is 3.83. The van der Waals surface area contributed by atoms with Crippen molar-refractivity contribution in [3.8, 4) is 0 Å². The standard InChI is InChI=1S/C10H15ClF3N3O2/c1-18-3-2-17-9(7(11)4-16-17)8(15)5-19-6-10(12,13)14/h4,8H,2-3,5-6,15H2,1H3. The minimum Gasteiger partial charge on any atom is -0.383 e. The summed E-state index contributed by atoms with van der Waals surface area (Å²) in [7, 11) is 1.52. The van der Waals surface area contributed by atoms with Gasteiger partial charge in [0.15, 0.2) is 0 Å². The van der Waals surface area contributed by atoms with Crippen LogP contribution in [-0.2, 0) is 16.0 Å². The Kier molecular flexibility index (Phi) is 6.05. The molecule has 0 amide bonds. The van der Waals surface area contributed by atoms with Gasteiger partial charge in [-0.05, 0) is 0 Å². The molecule has 0 aliphatic carbocycles. The fourth-order valence-corrected chi connectivity index (χ4v) is 1.76. The summed E-state index contributed by atoms with van der Waals surface area (Å²) in [6.07, 6.45) is -2.99. The molecule has 9 heteroatoms. The summed E-state index contributed by atoms with van der Waals surface area (Å²) < 4.78 is 46.7. The predicted molar refractivity (Wildman–Crippen MR) is 62.9 cm³/mol. The molecule has 1 unspecified atom stereocenters. The number of alkyl halides is 3. The van der Waals surface area contributed by atoms with Crippen molar-refractivity contribution < 1.29 is 22.6 Å². The molecule has 1 rings (SSSR count). The number of hydrogen-bond donors (Lipinski definition) is 1. The van der Waals surface area contributed by atoms with Gasteiger partial charge in [0, 0.05) is 7.11 Å². The zero-order chi connectivity index (χ0) is 14.5. The molecule has 5 nitrogen and oxygen atoms in total. The summed E-state index contributed by atoms with van der Waals surface area (Å²) in [5.41, 5.74) is 6.20. The zero-order valence-corrected chi connectivity index (χ0v) is 11.0. The Morgan fingerprint density at radius 1 is 1.53 bits per heavy atom. The Morgan fingerprint density at radius 2 is 2.21 bits per heavy atom. The molecule has 110 valence electrons. The molecule has 0 bridgehead atoms. The van der Waals surface area contributed by atoms with Gasteiger partial charge in [0.2, 0.25) is 0 Å². The summed E-state index contributed by atoms with van der Waals surface area (Å²) in [5.74, 6) is 0. The van der Waals surface area contributed by atoms with Gasteiger partial charge < -0.3 is 15.2 Å². The van der Waals surface area contributed by atoms with E-state index in [9.17, 15) is 13.2 Å². The summed E-state index contributed by atoms with van der Waals surface area (Å²) in [6.45, 7) is -0.838. The average Bonchev–Trinajstić information content (AvgIpc) is 2.66. The fraction of sp³-hybridized carbons (Fsp3) is 0.700. The highest BCUT2D eigenvalue weighted by Gasteiger charge is 2.28. The lowest BCUT2D eigenvalue weighted by molar-refractivity contribution is -0.174. The Hall–Kier alpha value is -0.830. The van der Waals surface area contributed by atoms with E-state index in [2.05, 4.69) is 9.84 Å². The van der Waals surface area contributed by atoms with Crippen molar-refractivity contribution in [2.24, 2.45) is 5.73 Å². The third kappa shape index (κ3) is 5.35. The number of ether oxygens (including phenoxy) is 2. The molecule has 19 heavy (non-hydrogen) atoms. The third-order valence-electron chi connectivity index (χ3n) is 2.25. The van der Waals surface area contributed by atoms with Crippen molar-refractivity contribution in [1.29, 1.82) is 0 Å². The molecule has 0 aliphatic heterocycles. The van der Waals surface area contributed by atoms with E-state index in [4.69, 9.17) is 22.1 Å². The molecule has 1 heterocycles. The Labute approximate surface area is 113 Å². The minimum absolute atomic E-state index is 0.291. The largest absolute Gasteiger partial charge is 0.411 e. The van der Waals surface area contributed by atoms with Crippen LogP contribution in [-0.4, -0.2) is 42.9 Å². The number of rotatable bonds is 7. The molecule has 0 fully saturated rings. The van der Waals surface area contributed by atoms with Crippen LogP contribution in [0.5, 0.6) is 0 Å². The van der Waals surface area contributed by atoms with Crippen molar-refractivity contribution in [1.82, 2.24) is 9.78 Å². The number of hydrogen-bond acceptors (Lipinski definition) is 4. The number of halogens is 4. The van der Waals surface area contributed by atoms with Crippen LogP contribution in [0.3, 0.4) is 0 Å². The van der Waals surface area contributed by atoms with Gasteiger partial charge in [-0.25, -0.2) is 0 Å². The van der Waals surface area contributed by atoms with Crippen LogP contribution in [0, 0.1) is 0 Å². The maximum Gasteiger partial charge on any atom is 0.411 e. The summed E-state index contributed by atoms with van der Waals surface area (Å²) in [6, 6.07) is -0.783. The second kappa shape index (κ2) is 7.09. The van der Waals surface area contributed by atoms with E-state index in [0.29, 0.717) is 23.9 Å². The van der Waals surface area contributed by atoms with Crippen LogP contribution in [0.4, 0.5) is 13.2 Å². The van der Waals surface area contributed by atoms with Crippen LogP contribution < -0.4 is 5.73 Å². The Morgan fingerprint density at radius 3 is 2.79 bits per heavy atom. The van der Waals surface area contributed by atoms with Gasteiger partial charge in [-0.3, -0.25) is 4.68 Å². The van der Waals surface area contributed by atoms with Gasteiger partial charge in [0.05, 0.1) is 42.7 Å². The maximum atomic E-state index is 11.9. The summed E-state index contributed by atoms with van der Waals surface area (Å²) in [4.78, 5) is 0. The van der Waals surface area contributed by atoms with Crippen molar-refractivity contribution in [3.05, 3.63) is 16.9 Å². The van der Waals surface area contributed by atoms with E-state index in [-0.39, 0.29) is 6.61 Å². The number of methoxy groups -OCH3 is 1. The quantitative estimate of drug-likeness (QED) is 0.833. The molecular formula is C10H15ClF3N3O2. The first kappa shape index (κ1) is 16.2. The van der Waals surface area contributed by atoms with E-state index in [1.54, 1.807) is 0 Å². The molecule has 2 N–H and O–H groups in total. The lowest BCUT2D eigenvalue weighted by Crippen LogP contribution is -2.26. The molecule has 0 saturated heterocycles. The van der Waals surface area contributed by atoms with E-state index in [0.717, 1.165) is 0 Å². The number of aromatic nitrogens is 2. The predicted octanol–water partition coefficient (Wildman–Crippen LogP) is 1.76. The summed E-state index contributed by atoms with van der Waals surface area (Å²) >= 11 is 5.91. The van der Waals surface area contributed by atoms with E-state index < -0.39 is 18.8 Å².